The molecule has 2 N–H and O–H groups in total. The lowest BCUT2D eigenvalue weighted by Gasteiger charge is -2.26. The first kappa shape index (κ1) is 12.4. The largest absolute Gasteiger partial charge is 0.326 e. The van der Waals surface area contributed by atoms with E-state index >= 15 is 0 Å². The van der Waals surface area contributed by atoms with Crippen molar-refractivity contribution in [2.24, 2.45) is 11.1 Å². The first-order valence-electron chi connectivity index (χ1n) is 5.95. The van der Waals surface area contributed by atoms with Crippen molar-refractivity contribution >= 4 is 11.8 Å². The van der Waals surface area contributed by atoms with Gasteiger partial charge in [-0.3, -0.25) is 0 Å². The van der Waals surface area contributed by atoms with Crippen LogP contribution in [0.2, 0.25) is 0 Å². The van der Waals surface area contributed by atoms with Gasteiger partial charge in [0.05, 0.1) is 0 Å². The summed E-state index contributed by atoms with van der Waals surface area (Å²) in [6.45, 7) is 6.88. The van der Waals surface area contributed by atoms with Gasteiger partial charge < -0.3 is 5.73 Å². The minimum Gasteiger partial charge on any atom is -0.326 e. The number of thioether (sulfide) groups is 1. The van der Waals surface area contributed by atoms with Crippen LogP contribution < -0.4 is 5.73 Å². The highest BCUT2D eigenvalue weighted by molar-refractivity contribution is 7.99. The molecule has 1 nitrogen and oxygen atoms in total. The van der Waals surface area contributed by atoms with Gasteiger partial charge in [-0.25, -0.2) is 0 Å². The standard InChI is InChI=1S/C12H25NS/c1-4-5-6-9-14-10-7-8-12(2,3)11(10)13/h10-11H,4-9,13H2,1-3H3. The van der Waals surface area contributed by atoms with E-state index in [1.807, 2.05) is 0 Å². The Hall–Kier alpha value is 0.310. The van der Waals surface area contributed by atoms with Gasteiger partial charge in [-0.05, 0) is 30.4 Å². The van der Waals surface area contributed by atoms with E-state index in [1.54, 1.807) is 0 Å². The molecule has 0 aromatic carbocycles. The average Bonchev–Trinajstić information content (AvgIpc) is 2.39. The van der Waals surface area contributed by atoms with Crippen LogP contribution in [0.1, 0.15) is 52.9 Å². The zero-order chi connectivity index (χ0) is 10.6. The fraction of sp³-hybridized carbons (Fsp3) is 1.00. The highest BCUT2D eigenvalue weighted by atomic mass is 32.2. The Morgan fingerprint density at radius 3 is 2.57 bits per heavy atom. The summed E-state index contributed by atoms with van der Waals surface area (Å²) >= 11 is 2.11. The molecule has 1 rings (SSSR count). The summed E-state index contributed by atoms with van der Waals surface area (Å²) in [5, 5.41) is 0.724. The lowest BCUT2D eigenvalue weighted by molar-refractivity contribution is 0.334. The van der Waals surface area contributed by atoms with Crippen LogP contribution in [-0.4, -0.2) is 17.0 Å². The van der Waals surface area contributed by atoms with Crippen molar-refractivity contribution < 1.29 is 0 Å². The summed E-state index contributed by atoms with van der Waals surface area (Å²) in [4.78, 5) is 0. The molecule has 1 aliphatic rings. The van der Waals surface area contributed by atoms with Crippen molar-refractivity contribution in [1.82, 2.24) is 0 Å². The molecule has 0 amide bonds. The van der Waals surface area contributed by atoms with E-state index in [2.05, 4.69) is 32.5 Å². The molecule has 1 aliphatic carbocycles. The molecule has 0 bridgehead atoms. The normalized spacial score (nSPS) is 30.9. The second-order valence-electron chi connectivity index (χ2n) is 5.17. The fourth-order valence-corrected chi connectivity index (χ4v) is 3.67. The molecular formula is C12H25NS. The lowest BCUT2D eigenvalue weighted by atomic mass is 9.88. The SMILES string of the molecule is CCCCCSC1CCC(C)(C)C1N. The molecule has 0 heterocycles. The molecule has 2 unspecified atom stereocenters. The Morgan fingerprint density at radius 2 is 2.07 bits per heavy atom. The van der Waals surface area contributed by atoms with Crippen LogP contribution in [0.15, 0.2) is 0 Å². The predicted molar refractivity (Wildman–Crippen MR) is 66.8 cm³/mol. The van der Waals surface area contributed by atoms with Crippen LogP contribution in [0.3, 0.4) is 0 Å². The van der Waals surface area contributed by atoms with E-state index in [9.17, 15) is 0 Å². The van der Waals surface area contributed by atoms with E-state index in [4.69, 9.17) is 5.73 Å². The Labute approximate surface area is 93.2 Å². The Balaban J connectivity index is 2.20. The molecule has 1 saturated carbocycles. The number of rotatable bonds is 5. The highest BCUT2D eigenvalue weighted by Crippen LogP contribution is 2.41. The molecule has 14 heavy (non-hydrogen) atoms. The van der Waals surface area contributed by atoms with Gasteiger partial charge in [-0.2, -0.15) is 11.8 Å². The van der Waals surface area contributed by atoms with Crippen LogP contribution in [0, 0.1) is 5.41 Å². The van der Waals surface area contributed by atoms with Gasteiger partial charge in [0, 0.05) is 11.3 Å². The van der Waals surface area contributed by atoms with Crippen LogP contribution in [0.25, 0.3) is 0 Å². The third-order valence-corrected chi connectivity index (χ3v) is 4.94. The quantitative estimate of drug-likeness (QED) is 0.711. The van der Waals surface area contributed by atoms with Gasteiger partial charge >= 0.3 is 0 Å². The molecule has 0 radical (unpaired) electrons. The summed E-state index contributed by atoms with van der Waals surface area (Å²) in [7, 11) is 0. The van der Waals surface area contributed by atoms with Crippen LogP contribution in [0.4, 0.5) is 0 Å². The number of hydrogen-bond acceptors (Lipinski definition) is 2. The molecule has 1 fully saturated rings. The van der Waals surface area contributed by atoms with Gasteiger partial charge in [0.2, 0.25) is 0 Å². The van der Waals surface area contributed by atoms with Gasteiger partial charge in [-0.1, -0.05) is 33.6 Å². The maximum atomic E-state index is 6.25. The Kier molecular flexibility index (Phi) is 4.78. The maximum Gasteiger partial charge on any atom is 0.0211 e. The molecule has 0 saturated heterocycles. The number of nitrogens with two attached hydrogens (primary N) is 1. The monoisotopic (exact) mass is 215 g/mol. The third kappa shape index (κ3) is 3.16. The first-order valence-corrected chi connectivity index (χ1v) is 7.00. The summed E-state index contributed by atoms with van der Waals surface area (Å²) in [6, 6.07) is 0.411. The zero-order valence-electron chi connectivity index (χ0n) is 9.88. The van der Waals surface area contributed by atoms with Crippen molar-refractivity contribution in [3.05, 3.63) is 0 Å². The van der Waals surface area contributed by atoms with Crippen molar-refractivity contribution in [2.45, 2.75) is 64.2 Å². The van der Waals surface area contributed by atoms with Crippen LogP contribution in [-0.2, 0) is 0 Å². The molecule has 0 aliphatic heterocycles. The first-order chi connectivity index (χ1) is 6.58. The van der Waals surface area contributed by atoms with Gasteiger partial charge in [0.15, 0.2) is 0 Å². The van der Waals surface area contributed by atoms with E-state index in [0.29, 0.717) is 11.5 Å². The second kappa shape index (κ2) is 5.41. The van der Waals surface area contributed by atoms with E-state index in [1.165, 1.54) is 37.9 Å². The fourth-order valence-electron chi connectivity index (χ4n) is 2.14. The summed E-state index contributed by atoms with van der Waals surface area (Å²) < 4.78 is 0. The Bertz CT molecular complexity index is 168. The molecule has 2 atom stereocenters. The summed E-state index contributed by atoms with van der Waals surface area (Å²) in [5.41, 5.74) is 6.63. The minimum atomic E-state index is 0.377. The van der Waals surface area contributed by atoms with E-state index < -0.39 is 0 Å². The van der Waals surface area contributed by atoms with Crippen LogP contribution in [0.5, 0.6) is 0 Å². The van der Waals surface area contributed by atoms with Gasteiger partial charge in [-0.15, -0.1) is 0 Å². The highest BCUT2D eigenvalue weighted by Gasteiger charge is 2.39. The van der Waals surface area contributed by atoms with Crippen molar-refractivity contribution in [1.29, 1.82) is 0 Å². The maximum absolute atomic E-state index is 6.25. The van der Waals surface area contributed by atoms with E-state index in [0.717, 1.165) is 5.25 Å². The smallest absolute Gasteiger partial charge is 0.0211 e. The summed E-state index contributed by atoms with van der Waals surface area (Å²) in [5.74, 6) is 1.31. The molecule has 84 valence electrons. The minimum absolute atomic E-state index is 0.377. The topological polar surface area (TPSA) is 26.0 Å². The molecule has 2 heteroatoms. The molecule has 0 spiro atoms. The second-order valence-corrected chi connectivity index (χ2v) is 6.52. The average molecular weight is 215 g/mol. The lowest BCUT2D eigenvalue weighted by Crippen LogP contribution is -2.38. The number of unbranched alkanes of at least 4 members (excludes halogenated alkanes) is 2. The molecular weight excluding hydrogens is 190 g/mol. The van der Waals surface area contributed by atoms with Crippen LogP contribution >= 0.6 is 11.8 Å². The van der Waals surface area contributed by atoms with E-state index in [-0.39, 0.29) is 0 Å². The Morgan fingerprint density at radius 1 is 1.36 bits per heavy atom. The summed E-state index contributed by atoms with van der Waals surface area (Å²) in [6.07, 6.45) is 6.69. The van der Waals surface area contributed by atoms with Gasteiger partial charge in [0.1, 0.15) is 0 Å². The van der Waals surface area contributed by atoms with Crippen molar-refractivity contribution in [2.75, 3.05) is 5.75 Å². The molecule has 0 aromatic rings. The zero-order valence-corrected chi connectivity index (χ0v) is 10.7. The third-order valence-electron chi connectivity index (χ3n) is 3.46. The molecule has 0 aromatic heterocycles. The van der Waals surface area contributed by atoms with Gasteiger partial charge in [0.25, 0.3) is 0 Å². The van der Waals surface area contributed by atoms with Crippen molar-refractivity contribution in [3.8, 4) is 0 Å². The number of hydrogen-bond donors (Lipinski definition) is 1. The predicted octanol–water partition coefficient (Wildman–Crippen LogP) is 3.43. The van der Waals surface area contributed by atoms with Crippen molar-refractivity contribution in [3.63, 3.8) is 0 Å².